The number of hydrogen-bond acceptors (Lipinski definition) is 3. The Balaban J connectivity index is 1.19. The quantitative estimate of drug-likeness (QED) is 0.0716. The van der Waals surface area contributed by atoms with E-state index >= 15 is 0 Å². The number of nitriles is 1. The first-order valence-electron chi connectivity index (χ1n) is 20.6. The van der Waals surface area contributed by atoms with E-state index < -0.39 is 5.97 Å². The number of rotatable bonds is 13. The number of aryl methyl sites for hydroxylation is 4. The number of benzene rings is 7. The molecule has 0 unspecified atom stereocenters. The summed E-state index contributed by atoms with van der Waals surface area (Å²) in [5.41, 5.74) is 17.1. The normalized spacial score (nSPS) is 11.3. The Bertz CT molecular complexity index is 2580. The Morgan fingerprint density at radius 3 is 1.02 bits per heavy atom. The molecule has 0 atom stereocenters. The highest BCUT2D eigenvalue weighted by molar-refractivity contribution is 5.96. The zero-order chi connectivity index (χ0) is 43.4. The Morgan fingerprint density at radius 1 is 0.452 bits per heavy atom. The zero-order valence-electron chi connectivity index (χ0n) is 35.5. The van der Waals surface area contributed by atoms with E-state index in [9.17, 15) is 15.2 Å². The summed E-state index contributed by atoms with van der Waals surface area (Å²) < 4.78 is 0. The van der Waals surface area contributed by atoms with Crippen LogP contribution in [0.2, 0.25) is 0 Å². The molecule has 7 rings (SSSR count). The van der Waals surface area contributed by atoms with Gasteiger partial charge in [-0.05, 0) is 120 Å². The molecule has 0 aromatic heterocycles. The molecule has 0 heterocycles. The number of carboxylic acids is 1. The van der Waals surface area contributed by atoms with E-state index in [-0.39, 0.29) is 5.57 Å². The van der Waals surface area contributed by atoms with E-state index in [4.69, 9.17) is 0 Å². The van der Waals surface area contributed by atoms with Crippen molar-refractivity contribution in [3.05, 3.63) is 261 Å². The summed E-state index contributed by atoms with van der Waals surface area (Å²) >= 11 is 0. The summed E-state index contributed by atoms with van der Waals surface area (Å²) in [6.07, 6.45) is 14.2. The molecule has 4 heteroatoms. The molecular formula is C58H48N2O2. The summed E-state index contributed by atoms with van der Waals surface area (Å²) in [4.78, 5) is 13.7. The number of carboxylic acid groups (broad SMARTS) is 1. The first-order valence-corrected chi connectivity index (χ1v) is 20.6. The number of nitrogens with zero attached hydrogens (tertiary/aromatic N) is 2. The summed E-state index contributed by atoms with van der Waals surface area (Å²) in [7, 11) is 0. The summed E-state index contributed by atoms with van der Waals surface area (Å²) in [6.45, 7) is 8.41. The standard InChI is InChI=1S/C58H48N2O2/c1-41-11-25-48(26-12-41)56(49-27-13-42(2)14-28-49)9-5-7-45-19-33-53(34-20-45)60(55-37-23-47(24-38-55)39-52(40-59)58(61)62)54-35-21-46(22-36-54)8-6-10-57(50-29-15-43(3)16-30-50)51-31-17-44(4)18-32-51/h5-39H,1-4H3,(H,61,62). The van der Waals surface area contributed by atoms with Gasteiger partial charge in [-0.25, -0.2) is 4.79 Å². The monoisotopic (exact) mass is 804 g/mol. The number of anilines is 3. The fraction of sp³-hybridized carbons (Fsp3) is 0.0690. The van der Waals surface area contributed by atoms with Crippen molar-refractivity contribution in [2.45, 2.75) is 27.7 Å². The van der Waals surface area contributed by atoms with Crippen molar-refractivity contribution in [2.75, 3.05) is 4.90 Å². The van der Waals surface area contributed by atoms with Crippen LogP contribution in [-0.4, -0.2) is 11.1 Å². The van der Waals surface area contributed by atoms with Crippen LogP contribution < -0.4 is 4.90 Å². The lowest BCUT2D eigenvalue weighted by Gasteiger charge is -2.26. The third kappa shape index (κ3) is 10.8. The molecule has 0 aliphatic heterocycles. The number of allylic oxidation sites excluding steroid dienone is 4. The van der Waals surface area contributed by atoms with Crippen molar-refractivity contribution >= 4 is 52.4 Å². The molecule has 0 saturated carbocycles. The summed E-state index contributed by atoms with van der Waals surface area (Å²) in [5, 5.41) is 18.7. The van der Waals surface area contributed by atoms with Gasteiger partial charge < -0.3 is 10.0 Å². The van der Waals surface area contributed by atoms with Crippen molar-refractivity contribution in [1.29, 1.82) is 5.26 Å². The predicted molar refractivity (Wildman–Crippen MR) is 259 cm³/mol. The molecule has 0 aliphatic carbocycles. The molecule has 0 amide bonds. The smallest absolute Gasteiger partial charge is 0.346 e. The summed E-state index contributed by atoms with van der Waals surface area (Å²) in [6, 6.07) is 60.7. The van der Waals surface area contributed by atoms with Crippen molar-refractivity contribution in [1.82, 2.24) is 0 Å². The fourth-order valence-electron chi connectivity index (χ4n) is 7.11. The van der Waals surface area contributed by atoms with E-state index in [0.29, 0.717) is 5.56 Å². The van der Waals surface area contributed by atoms with Crippen LogP contribution in [0.5, 0.6) is 0 Å². The van der Waals surface area contributed by atoms with Gasteiger partial charge in [0, 0.05) is 17.1 Å². The van der Waals surface area contributed by atoms with E-state index in [2.05, 4.69) is 215 Å². The average molecular weight is 805 g/mol. The van der Waals surface area contributed by atoms with E-state index in [0.717, 1.165) is 61.6 Å². The van der Waals surface area contributed by atoms with E-state index in [1.165, 1.54) is 28.3 Å². The molecule has 0 saturated heterocycles. The van der Waals surface area contributed by atoms with Gasteiger partial charge >= 0.3 is 5.97 Å². The molecule has 7 aromatic rings. The van der Waals surface area contributed by atoms with Crippen LogP contribution >= 0.6 is 0 Å². The molecular weight excluding hydrogens is 757 g/mol. The lowest BCUT2D eigenvalue weighted by Crippen LogP contribution is -2.09. The van der Waals surface area contributed by atoms with Gasteiger partial charge in [0.05, 0.1) is 0 Å². The van der Waals surface area contributed by atoms with Crippen LogP contribution in [0.4, 0.5) is 17.1 Å². The van der Waals surface area contributed by atoms with Crippen LogP contribution in [0.15, 0.2) is 200 Å². The second-order valence-corrected chi connectivity index (χ2v) is 15.4. The third-order valence-electron chi connectivity index (χ3n) is 10.7. The molecule has 7 aromatic carbocycles. The second kappa shape index (κ2) is 19.8. The van der Waals surface area contributed by atoms with E-state index in [1.54, 1.807) is 6.07 Å². The minimum absolute atomic E-state index is 0.318. The van der Waals surface area contributed by atoms with Crippen molar-refractivity contribution in [3.8, 4) is 6.07 Å². The van der Waals surface area contributed by atoms with Crippen LogP contribution in [0, 0.1) is 39.0 Å². The van der Waals surface area contributed by atoms with Crippen molar-refractivity contribution < 1.29 is 9.90 Å². The zero-order valence-corrected chi connectivity index (χ0v) is 35.5. The number of hydrogen-bond donors (Lipinski definition) is 1. The maximum atomic E-state index is 11.5. The van der Waals surface area contributed by atoms with Gasteiger partial charge in [-0.3, -0.25) is 0 Å². The first-order chi connectivity index (χ1) is 30.1. The van der Waals surface area contributed by atoms with Gasteiger partial charge in [0.15, 0.2) is 0 Å². The fourth-order valence-corrected chi connectivity index (χ4v) is 7.11. The highest BCUT2D eigenvalue weighted by Gasteiger charge is 2.14. The second-order valence-electron chi connectivity index (χ2n) is 15.4. The number of carbonyl (C=O) groups is 1. The Kier molecular flexibility index (Phi) is 13.5. The van der Waals surface area contributed by atoms with Gasteiger partial charge in [-0.2, -0.15) is 5.26 Å². The van der Waals surface area contributed by atoms with Crippen LogP contribution in [0.1, 0.15) is 61.2 Å². The third-order valence-corrected chi connectivity index (χ3v) is 10.7. The largest absolute Gasteiger partial charge is 0.477 e. The van der Waals surface area contributed by atoms with Gasteiger partial charge in [-0.1, -0.05) is 192 Å². The lowest BCUT2D eigenvalue weighted by molar-refractivity contribution is -0.132. The SMILES string of the molecule is Cc1ccc(C(=CC=Cc2ccc(N(c3ccc(C=CC=C(c4ccc(C)cc4)c4ccc(C)cc4)cc3)c3ccc(C=C(C#N)C(=O)O)cc3)cc2)c2ccc(C)cc2)cc1. The molecule has 0 spiro atoms. The van der Waals surface area contributed by atoms with Crippen molar-refractivity contribution in [3.63, 3.8) is 0 Å². The predicted octanol–water partition coefficient (Wildman–Crippen LogP) is 14.7. The first kappa shape index (κ1) is 42.1. The molecule has 0 aliphatic rings. The number of aliphatic carboxylic acids is 1. The Labute approximate surface area is 365 Å². The minimum Gasteiger partial charge on any atom is -0.477 e. The lowest BCUT2D eigenvalue weighted by atomic mass is 9.96. The average Bonchev–Trinajstić information content (AvgIpc) is 3.29. The maximum absolute atomic E-state index is 11.5. The maximum Gasteiger partial charge on any atom is 0.346 e. The van der Waals surface area contributed by atoms with Crippen LogP contribution in [0.3, 0.4) is 0 Å². The van der Waals surface area contributed by atoms with Gasteiger partial charge in [0.1, 0.15) is 11.6 Å². The topological polar surface area (TPSA) is 64.3 Å². The van der Waals surface area contributed by atoms with Crippen LogP contribution in [-0.2, 0) is 4.79 Å². The van der Waals surface area contributed by atoms with Crippen molar-refractivity contribution in [2.24, 2.45) is 0 Å². The minimum atomic E-state index is -1.25. The Morgan fingerprint density at radius 2 is 0.742 bits per heavy atom. The highest BCUT2D eigenvalue weighted by atomic mass is 16.4. The molecule has 0 radical (unpaired) electrons. The van der Waals surface area contributed by atoms with Gasteiger partial charge in [0.25, 0.3) is 0 Å². The van der Waals surface area contributed by atoms with E-state index in [1.807, 2.05) is 24.3 Å². The molecule has 0 fully saturated rings. The van der Waals surface area contributed by atoms with Gasteiger partial charge in [0.2, 0.25) is 0 Å². The van der Waals surface area contributed by atoms with Gasteiger partial charge in [-0.15, -0.1) is 0 Å². The Hall–Kier alpha value is -8.00. The molecule has 0 bridgehead atoms. The molecule has 62 heavy (non-hydrogen) atoms. The molecule has 302 valence electrons. The molecule has 4 nitrogen and oxygen atoms in total. The highest BCUT2D eigenvalue weighted by Crippen LogP contribution is 2.36. The molecule has 1 N–H and O–H groups in total. The summed E-state index contributed by atoms with van der Waals surface area (Å²) in [5.74, 6) is -1.25. The van der Waals surface area contributed by atoms with Crippen LogP contribution in [0.25, 0.3) is 29.4 Å².